The van der Waals surface area contributed by atoms with E-state index < -0.39 is 5.82 Å². The molecule has 10 heteroatoms. The Balaban J connectivity index is 1.44. The van der Waals surface area contributed by atoms with E-state index in [4.69, 9.17) is 9.47 Å². The molecule has 4 rings (SSSR count). The summed E-state index contributed by atoms with van der Waals surface area (Å²) in [7, 11) is 1.43. The zero-order chi connectivity index (χ0) is 23.2. The molecule has 0 aliphatic carbocycles. The summed E-state index contributed by atoms with van der Waals surface area (Å²) in [6, 6.07) is 8.77. The first-order chi connectivity index (χ1) is 16.1. The predicted octanol–water partition coefficient (Wildman–Crippen LogP) is 4.47. The monoisotopic (exact) mass is 490 g/mol. The van der Waals surface area contributed by atoms with Crippen LogP contribution in [-0.2, 0) is 22.6 Å². The minimum Gasteiger partial charge on any atom is -0.494 e. The van der Waals surface area contributed by atoms with E-state index in [1.54, 1.807) is 28.4 Å². The number of nitrogens with zero attached hydrogens (tertiary/aromatic N) is 4. The number of amides is 1. The van der Waals surface area contributed by atoms with Gasteiger partial charge in [0.05, 0.1) is 30.4 Å². The third kappa shape index (κ3) is 5.74. The predicted molar refractivity (Wildman–Crippen MR) is 127 cm³/mol. The van der Waals surface area contributed by atoms with Gasteiger partial charge in [-0.05, 0) is 48.9 Å². The highest BCUT2D eigenvalue weighted by molar-refractivity contribution is 7.99. The molecule has 0 N–H and O–H groups in total. The Hall–Kier alpha value is -2.43. The molecular weight excluding hydrogens is 463 g/mol. The third-order valence-corrected chi connectivity index (χ3v) is 7.33. The summed E-state index contributed by atoms with van der Waals surface area (Å²) >= 11 is 2.98. The SMILES string of the molecule is CCN(Cc1ccc(OC)c(F)c1)C(=O)CSc1nnc(-c2cccs2)n1CC1CCCO1. The van der Waals surface area contributed by atoms with Crippen molar-refractivity contribution in [3.8, 4) is 16.5 Å². The van der Waals surface area contributed by atoms with E-state index in [2.05, 4.69) is 14.8 Å². The van der Waals surface area contributed by atoms with Gasteiger partial charge in [-0.25, -0.2) is 4.39 Å². The molecule has 1 unspecified atom stereocenters. The zero-order valence-corrected chi connectivity index (χ0v) is 20.3. The molecule has 0 bridgehead atoms. The van der Waals surface area contributed by atoms with Crippen molar-refractivity contribution >= 4 is 29.0 Å². The molecule has 3 aromatic rings. The summed E-state index contributed by atoms with van der Waals surface area (Å²) < 4.78 is 26.9. The molecule has 0 radical (unpaired) electrons. The second kappa shape index (κ2) is 11.1. The van der Waals surface area contributed by atoms with E-state index in [0.29, 0.717) is 24.8 Å². The number of thiophene rings is 1. The van der Waals surface area contributed by atoms with Crippen LogP contribution < -0.4 is 4.74 Å². The smallest absolute Gasteiger partial charge is 0.233 e. The van der Waals surface area contributed by atoms with Crippen LogP contribution in [0.15, 0.2) is 40.9 Å². The largest absolute Gasteiger partial charge is 0.494 e. The maximum atomic E-state index is 14.0. The number of methoxy groups -OCH3 is 1. The summed E-state index contributed by atoms with van der Waals surface area (Å²) in [5.74, 6) is 0.743. The average molecular weight is 491 g/mol. The highest BCUT2D eigenvalue weighted by Gasteiger charge is 2.23. The number of thioether (sulfide) groups is 1. The Morgan fingerprint density at radius 2 is 2.27 bits per heavy atom. The van der Waals surface area contributed by atoms with Gasteiger partial charge in [-0.3, -0.25) is 9.36 Å². The fraction of sp³-hybridized carbons (Fsp3) is 0.435. The Morgan fingerprint density at radius 1 is 1.39 bits per heavy atom. The Labute approximate surface area is 200 Å². The van der Waals surface area contributed by atoms with Crippen LogP contribution >= 0.6 is 23.1 Å². The lowest BCUT2D eigenvalue weighted by Crippen LogP contribution is -2.32. The van der Waals surface area contributed by atoms with Crippen molar-refractivity contribution < 1.29 is 18.7 Å². The van der Waals surface area contributed by atoms with E-state index in [9.17, 15) is 9.18 Å². The lowest BCUT2D eigenvalue weighted by atomic mass is 10.2. The van der Waals surface area contributed by atoms with Crippen LogP contribution in [0.1, 0.15) is 25.3 Å². The fourth-order valence-corrected chi connectivity index (χ4v) is 5.33. The maximum absolute atomic E-state index is 14.0. The fourth-order valence-electron chi connectivity index (χ4n) is 3.76. The molecule has 33 heavy (non-hydrogen) atoms. The summed E-state index contributed by atoms with van der Waals surface area (Å²) in [6.45, 7) is 4.21. The molecule has 176 valence electrons. The van der Waals surface area contributed by atoms with Gasteiger partial charge < -0.3 is 14.4 Å². The Bertz CT molecular complexity index is 1070. The molecule has 0 saturated carbocycles. The normalized spacial score (nSPS) is 15.7. The van der Waals surface area contributed by atoms with Crippen LogP contribution in [0.5, 0.6) is 5.75 Å². The van der Waals surface area contributed by atoms with Crippen molar-refractivity contribution in [3.63, 3.8) is 0 Å². The second-order valence-electron chi connectivity index (χ2n) is 7.69. The lowest BCUT2D eigenvalue weighted by molar-refractivity contribution is -0.128. The molecule has 0 spiro atoms. The van der Waals surface area contributed by atoms with Crippen LogP contribution in [0.3, 0.4) is 0 Å². The van der Waals surface area contributed by atoms with E-state index in [0.717, 1.165) is 35.7 Å². The number of halogens is 1. The van der Waals surface area contributed by atoms with Gasteiger partial charge in [-0.1, -0.05) is 23.9 Å². The Kier molecular flexibility index (Phi) is 8.00. The van der Waals surface area contributed by atoms with Crippen LogP contribution in [0, 0.1) is 5.82 Å². The standard InChI is InChI=1S/C23H27FN4O3S2/c1-3-27(13-16-8-9-19(30-2)18(24)12-16)21(29)15-33-23-26-25-22(20-7-5-11-32-20)28(23)14-17-6-4-10-31-17/h5,7-9,11-12,17H,3-4,6,10,13-15H2,1-2H3. The quantitative estimate of drug-likeness (QED) is 0.391. The first kappa shape index (κ1) is 23.7. The molecule has 1 aromatic carbocycles. The molecule has 1 aliphatic heterocycles. The highest BCUT2D eigenvalue weighted by Crippen LogP contribution is 2.29. The van der Waals surface area contributed by atoms with Crippen LogP contribution in [0.2, 0.25) is 0 Å². The minimum atomic E-state index is -0.434. The number of hydrogen-bond acceptors (Lipinski definition) is 7. The first-order valence-corrected chi connectivity index (χ1v) is 12.8. The maximum Gasteiger partial charge on any atom is 0.233 e. The lowest BCUT2D eigenvalue weighted by Gasteiger charge is -2.21. The van der Waals surface area contributed by atoms with Gasteiger partial charge >= 0.3 is 0 Å². The minimum absolute atomic E-state index is 0.0388. The van der Waals surface area contributed by atoms with E-state index in [1.165, 1.54) is 24.9 Å². The number of hydrogen-bond donors (Lipinski definition) is 0. The number of carbonyl (C=O) groups is 1. The second-order valence-corrected chi connectivity index (χ2v) is 9.58. The summed E-state index contributed by atoms with van der Waals surface area (Å²) in [4.78, 5) is 15.7. The van der Waals surface area contributed by atoms with Crippen molar-refractivity contribution in [2.75, 3.05) is 26.0 Å². The van der Waals surface area contributed by atoms with Crippen molar-refractivity contribution in [1.82, 2.24) is 19.7 Å². The molecule has 1 aliphatic rings. The van der Waals surface area contributed by atoms with Crippen molar-refractivity contribution in [2.45, 2.75) is 44.1 Å². The topological polar surface area (TPSA) is 69.5 Å². The number of ether oxygens (including phenoxy) is 2. The van der Waals surface area contributed by atoms with Crippen LogP contribution in [0.4, 0.5) is 4.39 Å². The van der Waals surface area contributed by atoms with E-state index >= 15 is 0 Å². The van der Waals surface area contributed by atoms with Gasteiger partial charge in [-0.15, -0.1) is 21.5 Å². The number of rotatable bonds is 10. The summed E-state index contributed by atoms with van der Waals surface area (Å²) in [5, 5.41) is 11.5. The van der Waals surface area contributed by atoms with Gasteiger partial charge in [0.15, 0.2) is 22.5 Å². The van der Waals surface area contributed by atoms with Gasteiger partial charge in [0.25, 0.3) is 0 Å². The molecule has 3 heterocycles. The number of carbonyl (C=O) groups excluding carboxylic acids is 1. The molecule has 2 aromatic heterocycles. The average Bonchev–Trinajstić information content (AvgIpc) is 3.59. The van der Waals surface area contributed by atoms with Crippen LogP contribution in [-0.4, -0.2) is 57.7 Å². The zero-order valence-electron chi connectivity index (χ0n) is 18.7. The van der Waals surface area contributed by atoms with E-state index in [-0.39, 0.29) is 23.5 Å². The number of aromatic nitrogens is 3. The van der Waals surface area contributed by atoms with Gasteiger partial charge in [0.1, 0.15) is 0 Å². The van der Waals surface area contributed by atoms with Crippen molar-refractivity contribution in [2.24, 2.45) is 0 Å². The molecule has 1 amide bonds. The first-order valence-electron chi connectivity index (χ1n) is 10.9. The van der Waals surface area contributed by atoms with Gasteiger partial charge in [0.2, 0.25) is 5.91 Å². The summed E-state index contributed by atoms with van der Waals surface area (Å²) in [5.41, 5.74) is 0.718. The summed E-state index contributed by atoms with van der Waals surface area (Å²) in [6.07, 6.45) is 2.19. The van der Waals surface area contributed by atoms with Gasteiger partial charge in [0, 0.05) is 19.7 Å². The molecule has 1 saturated heterocycles. The highest BCUT2D eigenvalue weighted by atomic mass is 32.2. The molecule has 1 atom stereocenters. The van der Waals surface area contributed by atoms with Gasteiger partial charge in [-0.2, -0.15) is 0 Å². The molecular formula is C23H27FN4O3S2. The third-order valence-electron chi connectivity index (χ3n) is 5.52. The van der Waals surface area contributed by atoms with Crippen molar-refractivity contribution in [3.05, 3.63) is 47.1 Å². The van der Waals surface area contributed by atoms with Crippen molar-refractivity contribution in [1.29, 1.82) is 0 Å². The number of benzene rings is 1. The molecule has 1 fully saturated rings. The Morgan fingerprint density at radius 3 is 2.94 bits per heavy atom. The van der Waals surface area contributed by atoms with Crippen LogP contribution in [0.25, 0.3) is 10.7 Å². The van der Waals surface area contributed by atoms with E-state index in [1.807, 2.05) is 24.4 Å². The molecule has 7 nitrogen and oxygen atoms in total.